The minimum Gasteiger partial charge on any atom is -0.497 e. The van der Waals surface area contributed by atoms with Gasteiger partial charge in [-0.15, -0.1) is 0 Å². The Morgan fingerprint density at radius 3 is 2.11 bits per heavy atom. The molecule has 1 aliphatic carbocycles. The van der Waals surface area contributed by atoms with Gasteiger partial charge in [0.1, 0.15) is 11.5 Å². The van der Waals surface area contributed by atoms with Gasteiger partial charge in [0.25, 0.3) is 0 Å². The summed E-state index contributed by atoms with van der Waals surface area (Å²) < 4.78 is 16.4. The molecular formula is C24H20O4. The minimum atomic E-state index is -0.408. The van der Waals surface area contributed by atoms with Crippen molar-refractivity contribution in [1.29, 1.82) is 0 Å². The van der Waals surface area contributed by atoms with E-state index in [0.717, 1.165) is 27.8 Å². The highest BCUT2D eigenvalue weighted by molar-refractivity contribution is 5.89. The van der Waals surface area contributed by atoms with Gasteiger partial charge in [-0.05, 0) is 29.3 Å². The van der Waals surface area contributed by atoms with Crippen LogP contribution in [0.4, 0.5) is 0 Å². The van der Waals surface area contributed by atoms with Gasteiger partial charge in [-0.2, -0.15) is 0 Å². The lowest BCUT2D eigenvalue weighted by Crippen LogP contribution is -2.08. The lowest BCUT2D eigenvalue weighted by molar-refractivity contribution is -0.141. The number of esters is 1. The summed E-state index contributed by atoms with van der Waals surface area (Å²) in [6.45, 7) is 0. The molecule has 0 radical (unpaired) electrons. The molecule has 0 bridgehead atoms. The lowest BCUT2D eigenvalue weighted by atomic mass is 10.1. The third-order valence-electron chi connectivity index (χ3n) is 4.85. The molecule has 0 saturated heterocycles. The maximum Gasteiger partial charge on any atom is 0.331 e. The smallest absolute Gasteiger partial charge is 0.331 e. The molecule has 0 aromatic heterocycles. The third-order valence-corrected chi connectivity index (χ3v) is 4.85. The Kier molecular flexibility index (Phi) is 4.85. The molecule has 1 aliphatic rings. The molecule has 4 heteroatoms. The van der Waals surface area contributed by atoms with Crippen molar-refractivity contribution in [2.45, 2.75) is 6.10 Å². The Labute approximate surface area is 164 Å². The predicted octanol–water partition coefficient (Wildman–Crippen LogP) is 5.03. The summed E-state index contributed by atoms with van der Waals surface area (Å²) in [6, 6.07) is 21.5. The summed E-state index contributed by atoms with van der Waals surface area (Å²) in [5, 5.41) is 0. The maximum atomic E-state index is 12.5. The van der Waals surface area contributed by atoms with Gasteiger partial charge in [-0.25, -0.2) is 4.79 Å². The molecular weight excluding hydrogens is 352 g/mol. The van der Waals surface area contributed by atoms with Crippen molar-refractivity contribution in [3.8, 4) is 22.6 Å². The van der Waals surface area contributed by atoms with Crippen LogP contribution in [0.15, 0.2) is 72.8 Å². The number of carbonyl (C=O) groups is 1. The van der Waals surface area contributed by atoms with E-state index < -0.39 is 12.1 Å². The molecule has 0 N–H and O–H groups in total. The molecule has 0 fully saturated rings. The van der Waals surface area contributed by atoms with E-state index >= 15 is 0 Å². The first-order valence-electron chi connectivity index (χ1n) is 9.00. The highest BCUT2D eigenvalue weighted by Crippen LogP contribution is 2.45. The largest absolute Gasteiger partial charge is 0.497 e. The van der Waals surface area contributed by atoms with Crippen molar-refractivity contribution >= 4 is 12.0 Å². The van der Waals surface area contributed by atoms with Gasteiger partial charge in [0.2, 0.25) is 0 Å². The van der Waals surface area contributed by atoms with Crippen molar-refractivity contribution in [3.05, 3.63) is 89.5 Å². The molecule has 0 unspecified atom stereocenters. The fourth-order valence-electron chi connectivity index (χ4n) is 3.51. The predicted molar refractivity (Wildman–Crippen MR) is 108 cm³/mol. The molecule has 0 heterocycles. The van der Waals surface area contributed by atoms with Crippen LogP contribution in [0.2, 0.25) is 0 Å². The molecule has 0 amide bonds. The van der Waals surface area contributed by atoms with Crippen molar-refractivity contribution in [2.75, 3.05) is 14.2 Å². The number of hydrogen-bond acceptors (Lipinski definition) is 4. The average molecular weight is 372 g/mol. The van der Waals surface area contributed by atoms with Gasteiger partial charge < -0.3 is 14.2 Å². The average Bonchev–Trinajstić information content (AvgIpc) is 3.06. The zero-order valence-corrected chi connectivity index (χ0v) is 15.7. The van der Waals surface area contributed by atoms with Crippen LogP contribution in [-0.2, 0) is 9.53 Å². The van der Waals surface area contributed by atoms with Crippen LogP contribution in [0, 0.1) is 0 Å². The first kappa shape index (κ1) is 17.9. The zero-order chi connectivity index (χ0) is 19.5. The molecule has 28 heavy (non-hydrogen) atoms. The number of fused-ring (bicyclic) bond motifs is 3. The van der Waals surface area contributed by atoms with Gasteiger partial charge in [-0.1, -0.05) is 48.5 Å². The normalized spacial score (nSPS) is 12.5. The number of methoxy groups -OCH3 is 2. The number of rotatable bonds is 5. The van der Waals surface area contributed by atoms with Crippen LogP contribution in [0.5, 0.6) is 11.5 Å². The molecule has 140 valence electrons. The van der Waals surface area contributed by atoms with E-state index in [9.17, 15) is 4.79 Å². The second kappa shape index (κ2) is 7.61. The fraction of sp³-hybridized carbons (Fsp3) is 0.125. The summed E-state index contributed by atoms with van der Waals surface area (Å²) in [7, 11) is 3.18. The van der Waals surface area contributed by atoms with Crippen molar-refractivity contribution in [2.24, 2.45) is 0 Å². The Morgan fingerprint density at radius 1 is 0.857 bits per heavy atom. The molecule has 3 aromatic rings. The van der Waals surface area contributed by atoms with Gasteiger partial charge in [-0.3, -0.25) is 0 Å². The van der Waals surface area contributed by atoms with Crippen molar-refractivity contribution < 1.29 is 19.0 Å². The highest BCUT2D eigenvalue weighted by atomic mass is 16.5. The van der Waals surface area contributed by atoms with Crippen molar-refractivity contribution in [1.82, 2.24) is 0 Å². The molecule has 4 rings (SSSR count). The summed E-state index contributed by atoms with van der Waals surface area (Å²) in [5.41, 5.74) is 5.00. The van der Waals surface area contributed by atoms with Gasteiger partial charge in [0, 0.05) is 28.8 Å². The fourth-order valence-corrected chi connectivity index (χ4v) is 3.51. The van der Waals surface area contributed by atoms with Crippen LogP contribution in [0.25, 0.3) is 17.2 Å². The Morgan fingerprint density at radius 2 is 1.50 bits per heavy atom. The molecule has 0 atom stereocenters. The monoisotopic (exact) mass is 372 g/mol. The van der Waals surface area contributed by atoms with Crippen LogP contribution in [0.1, 0.15) is 22.8 Å². The third kappa shape index (κ3) is 3.25. The Bertz CT molecular complexity index is 1010. The first-order valence-corrected chi connectivity index (χ1v) is 9.00. The Balaban J connectivity index is 1.57. The lowest BCUT2D eigenvalue weighted by Gasteiger charge is -2.13. The Hall–Kier alpha value is -3.53. The summed E-state index contributed by atoms with van der Waals surface area (Å²) in [6.07, 6.45) is 2.71. The van der Waals surface area contributed by atoms with Crippen LogP contribution >= 0.6 is 0 Å². The second-order valence-electron chi connectivity index (χ2n) is 6.43. The van der Waals surface area contributed by atoms with E-state index in [2.05, 4.69) is 12.1 Å². The molecule has 0 spiro atoms. The molecule has 4 nitrogen and oxygen atoms in total. The quantitative estimate of drug-likeness (QED) is 0.465. The maximum absolute atomic E-state index is 12.5. The number of ether oxygens (including phenoxy) is 3. The number of hydrogen-bond donors (Lipinski definition) is 0. The summed E-state index contributed by atoms with van der Waals surface area (Å²) in [4.78, 5) is 12.5. The van der Waals surface area contributed by atoms with Crippen LogP contribution in [-0.4, -0.2) is 20.2 Å². The van der Waals surface area contributed by atoms with E-state index in [1.165, 1.54) is 6.08 Å². The van der Waals surface area contributed by atoms with E-state index in [-0.39, 0.29) is 0 Å². The number of benzene rings is 3. The van der Waals surface area contributed by atoms with Gasteiger partial charge in [0.15, 0.2) is 6.10 Å². The topological polar surface area (TPSA) is 44.8 Å². The molecule has 3 aromatic carbocycles. The first-order chi connectivity index (χ1) is 13.7. The summed E-state index contributed by atoms with van der Waals surface area (Å²) >= 11 is 0. The SMILES string of the molecule is COc1ccc(/C=C/C(=O)OC2c3ccccc3-c3ccccc32)c(OC)c1. The van der Waals surface area contributed by atoms with Gasteiger partial charge >= 0.3 is 5.97 Å². The van der Waals surface area contributed by atoms with E-state index in [0.29, 0.717) is 11.5 Å². The van der Waals surface area contributed by atoms with E-state index in [1.807, 2.05) is 48.5 Å². The standard InChI is InChI=1S/C24H20O4/c1-26-17-13-11-16(22(15-17)27-2)12-14-23(25)28-24-20-9-5-3-7-18(20)19-8-4-6-10-21(19)24/h3-15,24H,1-2H3/b14-12+. The van der Waals surface area contributed by atoms with E-state index in [4.69, 9.17) is 14.2 Å². The van der Waals surface area contributed by atoms with Crippen molar-refractivity contribution in [3.63, 3.8) is 0 Å². The minimum absolute atomic E-state index is 0.401. The number of carbonyl (C=O) groups excluding carboxylic acids is 1. The van der Waals surface area contributed by atoms with Crippen LogP contribution in [0.3, 0.4) is 0 Å². The van der Waals surface area contributed by atoms with Crippen LogP contribution < -0.4 is 9.47 Å². The molecule has 0 aliphatic heterocycles. The highest BCUT2D eigenvalue weighted by Gasteiger charge is 2.30. The zero-order valence-electron chi connectivity index (χ0n) is 15.7. The van der Waals surface area contributed by atoms with Gasteiger partial charge in [0.05, 0.1) is 14.2 Å². The van der Waals surface area contributed by atoms with E-state index in [1.54, 1.807) is 26.4 Å². The molecule has 0 saturated carbocycles. The second-order valence-corrected chi connectivity index (χ2v) is 6.43. The summed E-state index contributed by atoms with van der Waals surface area (Å²) in [5.74, 6) is 0.907.